The number of carboxylic acid groups (broad SMARTS) is 2. The fourth-order valence-corrected chi connectivity index (χ4v) is 5.18. The molecule has 13 heteroatoms. The van der Waals surface area contributed by atoms with Crippen LogP contribution >= 0.6 is 0 Å². The number of benzene rings is 4. The van der Waals surface area contributed by atoms with Gasteiger partial charge in [-0.1, -0.05) is 0 Å². The summed E-state index contributed by atoms with van der Waals surface area (Å²) in [5.41, 5.74) is 1.54. The van der Waals surface area contributed by atoms with Crippen LogP contribution < -0.4 is 9.80 Å². The monoisotopic (exact) mass is 600 g/mol. The zero-order valence-corrected chi connectivity index (χ0v) is 22.6. The maximum Gasteiger partial charge on any atom is 0.335 e. The third kappa shape index (κ3) is 4.26. The average Bonchev–Trinajstić information content (AvgIpc) is 3.70. The van der Waals surface area contributed by atoms with Crippen molar-refractivity contribution in [3.8, 4) is 22.9 Å². The quantitative estimate of drug-likeness (QED) is 0.263. The van der Waals surface area contributed by atoms with Crippen molar-refractivity contribution in [1.29, 1.82) is 0 Å². The minimum Gasteiger partial charge on any atom is -0.478 e. The molecule has 2 aliphatic rings. The predicted molar refractivity (Wildman–Crippen MR) is 154 cm³/mol. The van der Waals surface area contributed by atoms with Gasteiger partial charge in [-0.2, -0.15) is 0 Å². The van der Waals surface area contributed by atoms with Gasteiger partial charge in [-0.15, -0.1) is 10.2 Å². The molecule has 0 spiro atoms. The Morgan fingerprint density at radius 1 is 0.511 bits per heavy atom. The van der Waals surface area contributed by atoms with Gasteiger partial charge in [0.05, 0.1) is 44.8 Å². The molecule has 2 aliphatic heterocycles. The molecule has 218 valence electrons. The standard InChI is InChI=1S/C32H16N4O9/c37-27-21-11-5-17(31(41)42)13-23(21)29(39)35(27)19-7-1-15(2-8-19)25-33-34-26(45-25)16-3-9-20(10-4-16)36-28(38)22-12-6-18(32(43)44)14-24(22)30(36)40/h1-14H,(H,41,42)(H,43,44). The van der Waals surface area contributed by atoms with E-state index in [9.17, 15) is 39.0 Å². The van der Waals surface area contributed by atoms with E-state index in [-0.39, 0.29) is 56.5 Å². The Morgan fingerprint density at radius 2 is 0.867 bits per heavy atom. The lowest BCUT2D eigenvalue weighted by atomic mass is 10.1. The van der Waals surface area contributed by atoms with Crippen LogP contribution in [0, 0.1) is 0 Å². The highest BCUT2D eigenvalue weighted by molar-refractivity contribution is 6.35. The molecule has 0 fully saturated rings. The minimum absolute atomic E-state index is 0.00635. The number of rotatable bonds is 6. The number of anilines is 2. The minimum atomic E-state index is -1.21. The molecule has 0 saturated carbocycles. The zero-order valence-electron chi connectivity index (χ0n) is 22.6. The van der Waals surface area contributed by atoms with Crippen LogP contribution in [0.4, 0.5) is 11.4 Å². The van der Waals surface area contributed by atoms with E-state index in [2.05, 4.69) is 10.2 Å². The lowest BCUT2D eigenvalue weighted by Crippen LogP contribution is -2.29. The van der Waals surface area contributed by atoms with Crippen LogP contribution in [0.2, 0.25) is 0 Å². The SMILES string of the molecule is O=C(O)c1ccc2c(c1)C(=O)N(c1ccc(-c3nnc(-c4ccc(N5C(=O)c6ccc(C(=O)O)cc6C5=O)cc4)o3)cc1)C2=O. The normalized spacial score (nSPS) is 13.8. The van der Waals surface area contributed by atoms with E-state index in [0.717, 1.165) is 9.80 Å². The highest BCUT2D eigenvalue weighted by atomic mass is 16.4. The van der Waals surface area contributed by atoms with Crippen LogP contribution in [-0.4, -0.2) is 56.0 Å². The Labute approximate surface area is 251 Å². The van der Waals surface area contributed by atoms with Crippen molar-refractivity contribution in [2.75, 3.05) is 9.80 Å². The summed E-state index contributed by atoms with van der Waals surface area (Å²) in [7, 11) is 0. The first-order chi connectivity index (χ1) is 21.6. The molecular formula is C32H16N4O9. The number of carbonyl (C=O) groups excluding carboxylic acids is 4. The van der Waals surface area contributed by atoms with Gasteiger partial charge in [0, 0.05) is 11.1 Å². The Hall–Kier alpha value is -6.76. The van der Waals surface area contributed by atoms with Crippen molar-refractivity contribution in [1.82, 2.24) is 10.2 Å². The number of nitrogens with zero attached hydrogens (tertiary/aromatic N) is 4. The number of amides is 4. The summed E-state index contributed by atoms with van der Waals surface area (Å²) in [5.74, 6) is -4.57. The summed E-state index contributed by atoms with van der Waals surface area (Å²) >= 11 is 0. The van der Waals surface area contributed by atoms with E-state index in [4.69, 9.17) is 4.42 Å². The molecule has 0 radical (unpaired) electrons. The molecular weight excluding hydrogens is 584 g/mol. The number of hydrogen-bond donors (Lipinski definition) is 2. The first kappa shape index (κ1) is 27.1. The van der Waals surface area contributed by atoms with Crippen molar-refractivity contribution in [3.05, 3.63) is 118 Å². The molecule has 1 aromatic heterocycles. The smallest absolute Gasteiger partial charge is 0.335 e. The Kier molecular flexibility index (Phi) is 5.97. The van der Waals surface area contributed by atoms with E-state index < -0.39 is 35.6 Å². The van der Waals surface area contributed by atoms with Crippen molar-refractivity contribution in [3.63, 3.8) is 0 Å². The first-order valence-electron chi connectivity index (χ1n) is 13.2. The van der Waals surface area contributed by atoms with Gasteiger partial charge < -0.3 is 14.6 Å². The van der Waals surface area contributed by atoms with Crippen LogP contribution in [0.1, 0.15) is 62.1 Å². The average molecular weight is 600 g/mol. The van der Waals surface area contributed by atoms with Crippen LogP contribution in [0.15, 0.2) is 89.3 Å². The predicted octanol–water partition coefficient (Wildman–Crippen LogP) is 4.40. The molecule has 4 amide bonds. The number of fused-ring (bicyclic) bond motifs is 2. The second-order valence-electron chi connectivity index (χ2n) is 10.0. The molecule has 0 unspecified atom stereocenters. The fourth-order valence-electron chi connectivity index (χ4n) is 5.18. The summed E-state index contributed by atoms with van der Waals surface area (Å²) in [6, 6.07) is 19.9. The molecule has 5 aromatic rings. The molecule has 2 N–H and O–H groups in total. The topological polar surface area (TPSA) is 188 Å². The number of aromatic nitrogens is 2. The van der Waals surface area contributed by atoms with Gasteiger partial charge in [-0.05, 0) is 84.9 Å². The number of carbonyl (C=O) groups is 6. The van der Waals surface area contributed by atoms with Crippen LogP contribution in [0.5, 0.6) is 0 Å². The maximum atomic E-state index is 12.9. The fraction of sp³-hybridized carbons (Fsp3) is 0. The molecule has 0 atom stereocenters. The summed E-state index contributed by atoms with van der Waals surface area (Å²) in [6.45, 7) is 0. The molecule has 3 heterocycles. The summed E-state index contributed by atoms with van der Waals surface area (Å²) < 4.78 is 5.82. The zero-order chi connectivity index (χ0) is 31.6. The highest BCUT2D eigenvalue weighted by Crippen LogP contribution is 2.33. The van der Waals surface area contributed by atoms with E-state index in [1.165, 1.54) is 60.7 Å². The van der Waals surface area contributed by atoms with Gasteiger partial charge in [0.1, 0.15) is 0 Å². The molecule has 0 bridgehead atoms. The van der Waals surface area contributed by atoms with E-state index in [1.807, 2.05) is 0 Å². The molecule has 7 rings (SSSR count). The van der Waals surface area contributed by atoms with Crippen molar-refractivity contribution >= 4 is 46.9 Å². The first-order valence-corrected chi connectivity index (χ1v) is 13.2. The number of imide groups is 2. The van der Waals surface area contributed by atoms with Gasteiger partial charge >= 0.3 is 11.9 Å². The van der Waals surface area contributed by atoms with Crippen molar-refractivity contribution in [2.45, 2.75) is 0 Å². The van der Waals surface area contributed by atoms with Gasteiger partial charge in [-0.25, -0.2) is 19.4 Å². The lowest BCUT2D eigenvalue weighted by molar-refractivity contribution is 0.0686. The van der Waals surface area contributed by atoms with Crippen molar-refractivity contribution in [2.24, 2.45) is 0 Å². The van der Waals surface area contributed by atoms with Gasteiger partial charge in [0.25, 0.3) is 23.6 Å². The van der Waals surface area contributed by atoms with E-state index in [0.29, 0.717) is 11.1 Å². The van der Waals surface area contributed by atoms with Gasteiger partial charge in [0.2, 0.25) is 11.8 Å². The Morgan fingerprint density at radius 3 is 1.22 bits per heavy atom. The lowest BCUT2D eigenvalue weighted by Gasteiger charge is -2.14. The number of carboxylic acids is 2. The summed E-state index contributed by atoms with van der Waals surface area (Å²) in [5, 5.41) is 26.6. The van der Waals surface area contributed by atoms with Gasteiger partial charge in [-0.3, -0.25) is 19.2 Å². The maximum absolute atomic E-state index is 12.9. The second kappa shape index (κ2) is 9.91. The third-order valence-corrected chi connectivity index (χ3v) is 7.44. The summed E-state index contributed by atoms with van der Waals surface area (Å²) in [6.07, 6.45) is 0. The van der Waals surface area contributed by atoms with E-state index >= 15 is 0 Å². The van der Waals surface area contributed by atoms with E-state index in [1.54, 1.807) is 24.3 Å². The highest BCUT2D eigenvalue weighted by Gasteiger charge is 2.38. The van der Waals surface area contributed by atoms with Gasteiger partial charge in [0.15, 0.2) is 0 Å². The largest absolute Gasteiger partial charge is 0.478 e. The van der Waals surface area contributed by atoms with Crippen LogP contribution in [0.25, 0.3) is 22.9 Å². The summed E-state index contributed by atoms with van der Waals surface area (Å²) in [4.78, 5) is 76.2. The molecule has 45 heavy (non-hydrogen) atoms. The third-order valence-electron chi connectivity index (χ3n) is 7.44. The number of aromatic carboxylic acids is 2. The molecule has 0 saturated heterocycles. The molecule has 4 aromatic carbocycles. The molecule has 0 aliphatic carbocycles. The van der Waals surface area contributed by atoms with Crippen molar-refractivity contribution < 1.29 is 43.4 Å². The molecule has 13 nitrogen and oxygen atoms in total. The Bertz CT molecular complexity index is 2000. The van der Waals surface area contributed by atoms with Crippen LogP contribution in [0.3, 0.4) is 0 Å². The second-order valence-corrected chi connectivity index (χ2v) is 10.0. The number of hydrogen-bond acceptors (Lipinski definition) is 9. The van der Waals surface area contributed by atoms with Crippen LogP contribution in [-0.2, 0) is 0 Å². The Balaban J connectivity index is 1.09.